The van der Waals surface area contributed by atoms with Gasteiger partial charge >= 0.3 is 6.09 Å². The summed E-state index contributed by atoms with van der Waals surface area (Å²) in [5.41, 5.74) is 0.865. The lowest BCUT2D eigenvalue weighted by atomic mass is 10.0. The number of carbonyl (C=O) groups is 3. The van der Waals surface area contributed by atoms with E-state index in [4.69, 9.17) is 9.15 Å². The van der Waals surface area contributed by atoms with Gasteiger partial charge in [0, 0.05) is 0 Å². The van der Waals surface area contributed by atoms with Crippen molar-refractivity contribution in [2.24, 2.45) is 0 Å². The van der Waals surface area contributed by atoms with E-state index in [1.165, 1.54) is 11.8 Å². The number of ketones is 1. The highest BCUT2D eigenvalue weighted by atomic mass is 32.2. The zero-order chi connectivity index (χ0) is 24.6. The molecule has 0 fully saturated rings. The van der Waals surface area contributed by atoms with Crippen molar-refractivity contribution in [2.45, 2.75) is 76.8 Å². The Hall–Kier alpha value is -2.74. The van der Waals surface area contributed by atoms with Crippen LogP contribution in [0.3, 0.4) is 0 Å². The van der Waals surface area contributed by atoms with Gasteiger partial charge in [-0.1, -0.05) is 69.9 Å². The van der Waals surface area contributed by atoms with Gasteiger partial charge in [-0.3, -0.25) is 9.59 Å². The maximum Gasteiger partial charge on any atom is 0.408 e. The Bertz CT molecular complexity index is 857. The van der Waals surface area contributed by atoms with Crippen LogP contribution in [0.1, 0.15) is 63.7 Å². The second-order valence-corrected chi connectivity index (χ2v) is 9.13. The number of benzene rings is 1. The standard InChI is InChI=1S/C26H36N2O5S/c1-3-5-14-22(24(29)19-34-18-21-13-10-16-32-21)27-25(30)23(15-6-4-2)28-26(31)33-17-20-11-8-7-9-12-20/h7-13,16,22-23H,3-6,14-15,17-19H2,1-2H3,(H,27,30)(H,28,31)/t22-,23-/m0/s1. The van der Waals surface area contributed by atoms with Gasteiger partial charge in [0.05, 0.1) is 23.8 Å². The summed E-state index contributed by atoms with van der Waals surface area (Å²) in [6, 6.07) is 11.7. The molecule has 186 valence electrons. The van der Waals surface area contributed by atoms with Gasteiger partial charge in [0.25, 0.3) is 0 Å². The van der Waals surface area contributed by atoms with Crippen LogP contribution in [0.15, 0.2) is 53.1 Å². The molecule has 0 spiro atoms. The Labute approximate surface area is 206 Å². The van der Waals surface area contributed by atoms with Crippen LogP contribution in [0.5, 0.6) is 0 Å². The van der Waals surface area contributed by atoms with Gasteiger partial charge in [-0.2, -0.15) is 0 Å². The first kappa shape index (κ1) is 27.5. The van der Waals surface area contributed by atoms with Crippen molar-refractivity contribution in [3.05, 3.63) is 60.1 Å². The maximum absolute atomic E-state index is 13.0. The lowest BCUT2D eigenvalue weighted by Crippen LogP contribution is -2.52. The predicted molar refractivity (Wildman–Crippen MR) is 134 cm³/mol. The second kappa shape index (κ2) is 16.0. The van der Waals surface area contributed by atoms with Crippen LogP contribution in [-0.2, 0) is 26.7 Å². The molecule has 2 amide bonds. The van der Waals surface area contributed by atoms with Crippen LogP contribution < -0.4 is 10.6 Å². The predicted octanol–water partition coefficient (Wildman–Crippen LogP) is 5.24. The topological polar surface area (TPSA) is 97.6 Å². The molecule has 34 heavy (non-hydrogen) atoms. The van der Waals surface area contributed by atoms with Crippen molar-refractivity contribution in [1.82, 2.24) is 10.6 Å². The first-order valence-corrected chi connectivity index (χ1v) is 13.1. The summed E-state index contributed by atoms with van der Waals surface area (Å²) < 4.78 is 10.6. The van der Waals surface area contributed by atoms with Crippen molar-refractivity contribution in [3.63, 3.8) is 0 Å². The van der Waals surface area contributed by atoms with Gasteiger partial charge in [-0.15, -0.1) is 11.8 Å². The van der Waals surface area contributed by atoms with Crippen LogP contribution in [0.25, 0.3) is 0 Å². The second-order valence-electron chi connectivity index (χ2n) is 8.14. The average molecular weight is 489 g/mol. The maximum atomic E-state index is 13.0. The normalized spacial score (nSPS) is 12.5. The number of alkyl carbamates (subject to hydrolysis) is 1. The van der Waals surface area contributed by atoms with E-state index in [9.17, 15) is 14.4 Å². The molecular weight excluding hydrogens is 452 g/mol. The highest BCUT2D eigenvalue weighted by molar-refractivity contribution is 7.99. The molecule has 1 aromatic heterocycles. The van der Waals surface area contributed by atoms with E-state index in [1.54, 1.807) is 6.26 Å². The number of furan rings is 1. The van der Waals surface area contributed by atoms with Crippen LogP contribution in [0.2, 0.25) is 0 Å². The van der Waals surface area contributed by atoms with E-state index in [0.717, 1.165) is 37.0 Å². The SMILES string of the molecule is CCCC[C@H](NC(=O)[C@H](CCCC)NC(=O)OCc1ccccc1)C(=O)CSCc1ccco1. The number of unbranched alkanes of at least 4 members (excludes halogenated alkanes) is 2. The summed E-state index contributed by atoms with van der Waals surface area (Å²) in [6.07, 6.45) is 5.40. The zero-order valence-electron chi connectivity index (χ0n) is 20.1. The molecule has 2 atom stereocenters. The Balaban J connectivity index is 1.91. The Morgan fingerprint density at radius 1 is 0.941 bits per heavy atom. The molecule has 1 heterocycles. The minimum Gasteiger partial charge on any atom is -0.468 e. The fourth-order valence-corrected chi connectivity index (χ4v) is 4.20. The molecular formula is C26H36N2O5S. The molecule has 0 aliphatic rings. The van der Waals surface area contributed by atoms with Crippen LogP contribution in [-0.4, -0.2) is 35.6 Å². The van der Waals surface area contributed by atoms with E-state index < -0.39 is 18.2 Å². The molecule has 0 radical (unpaired) electrons. The molecule has 1 aromatic carbocycles. The molecule has 8 heteroatoms. The number of amides is 2. The molecule has 0 saturated heterocycles. The van der Waals surface area contributed by atoms with E-state index >= 15 is 0 Å². The molecule has 0 unspecified atom stereocenters. The van der Waals surface area contributed by atoms with E-state index in [-0.39, 0.29) is 24.1 Å². The molecule has 0 aliphatic heterocycles. The molecule has 2 N–H and O–H groups in total. The third kappa shape index (κ3) is 10.5. The highest BCUT2D eigenvalue weighted by Crippen LogP contribution is 2.15. The molecule has 7 nitrogen and oxygen atoms in total. The minimum atomic E-state index is -0.754. The van der Waals surface area contributed by atoms with Crippen LogP contribution in [0, 0.1) is 0 Å². The number of hydrogen-bond donors (Lipinski definition) is 2. The number of rotatable bonds is 16. The van der Waals surface area contributed by atoms with Crippen molar-refractivity contribution >= 4 is 29.5 Å². The molecule has 0 bridgehead atoms. The van der Waals surface area contributed by atoms with Crippen molar-refractivity contribution < 1.29 is 23.5 Å². The summed E-state index contributed by atoms with van der Waals surface area (Å²) in [4.78, 5) is 38.2. The lowest BCUT2D eigenvalue weighted by molar-refractivity contribution is -0.128. The summed E-state index contributed by atoms with van der Waals surface area (Å²) in [7, 11) is 0. The average Bonchev–Trinajstić information content (AvgIpc) is 3.37. The highest BCUT2D eigenvalue weighted by Gasteiger charge is 2.26. The van der Waals surface area contributed by atoms with Gasteiger partial charge < -0.3 is 19.8 Å². The van der Waals surface area contributed by atoms with Gasteiger partial charge in [0.1, 0.15) is 18.4 Å². The Kier molecular flexibility index (Phi) is 12.9. The number of hydrogen-bond acceptors (Lipinski definition) is 6. The summed E-state index contributed by atoms with van der Waals surface area (Å²) in [6.45, 7) is 4.19. The zero-order valence-corrected chi connectivity index (χ0v) is 20.9. The van der Waals surface area contributed by atoms with E-state index in [0.29, 0.717) is 18.6 Å². The molecule has 0 saturated carbocycles. The smallest absolute Gasteiger partial charge is 0.408 e. The summed E-state index contributed by atoms with van der Waals surface area (Å²) >= 11 is 1.46. The van der Waals surface area contributed by atoms with Gasteiger partial charge in [-0.25, -0.2) is 4.79 Å². The monoisotopic (exact) mass is 488 g/mol. The molecule has 2 rings (SSSR count). The number of nitrogens with one attached hydrogen (secondary N) is 2. The lowest BCUT2D eigenvalue weighted by Gasteiger charge is -2.22. The first-order valence-electron chi connectivity index (χ1n) is 11.9. The van der Waals surface area contributed by atoms with Gasteiger partial charge in [0.2, 0.25) is 5.91 Å². The molecule has 0 aliphatic carbocycles. The van der Waals surface area contributed by atoms with Gasteiger partial charge in [-0.05, 0) is 30.5 Å². The van der Waals surface area contributed by atoms with Crippen LogP contribution >= 0.6 is 11.8 Å². The fourth-order valence-electron chi connectivity index (χ4n) is 3.33. The molecule has 2 aromatic rings. The van der Waals surface area contributed by atoms with E-state index in [1.807, 2.05) is 56.3 Å². The van der Waals surface area contributed by atoms with Crippen molar-refractivity contribution in [3.8, 4) is 0 Å². The number of Topliss-reactive ketones (excluding diaryl/α,β-unsaturated/α-hetero) is 1. The van der Waals surface area contributed by atoms with Crippen molar-refractivity contribution in [1.29, 1.82) is 0 Å². The first-order chi connectivity index (χ1) is 16.5. The fraction of sp³-hybridized carbons (Fsp3) is 0.500. The quantitative estimate of drug-likeness (QED) is 0.335. The number of ether oxygens (including phenoxy) is 1. The van der Waals surface area contributed by atoms with Gasteiger partial charge in [0.15, 0.2) is 5.78 Å². The third-order valence-corrected chi connectivity index (χ3v) is 6.27. The Morgan fingerprint density at radius 2 is 1.65 bits per heavy atom. The number of thioether (sulfide) groups is 1. The summed E-state index contributed by atoms with van der Waals surface area (Å²) in [5.74, 6) is 1.31. The van der Waals surface area contributed by atoms with E-state index in [2.05, 4.69) is 10.6 Å². The Morgan fingerprint density at radius 3 is 2.29 bits per heavy atom. The summed E-state index contributed by atoms with van der Waals surface area (Å²) in [5, 5.41) is 5.57. The number of carbonyl (C=O) groups excluding carboxylic acids is 3. The van der Waals surface area contributed by atoms with Crippen molar-refractivity contribution in [2.75, 3.05) is 5.75 Å². The third-order valence-electron chi connectivity index (χ3n) is 5.29. The van der Waals surface area contributed by atoms with Crippen LogP contribution in [0.4, 0.5) is 4.79 Å². The minimum absolute atomic E-state index is 0.0285. The largest absolute Gasteiger partial charge is 0.468 e.